The summed E-state index contributed by atoms with van der Waals surface area (Å²) in [7, 11) is 0.179. The zero-order valence-corrected chi connectivity index (χ0v) is 23.2. The lowest BCUT2D eigenvalue weighted by molar-refractivity contribution is 0.390. The van der Waals surface area contributed by atoms with Crippen LogP contribution >= 0.6 is 12.2 Å². The lowest BCUT2D eigenvalue weighted by Gasteiger charge is -2.37. The van der Waals surface area contributed by atoms with E-state index in [-0.39, 0.29) is 5.82 Å². The summed E-state index contributed by atoms with van der Waals surface area (Å²) < 4.78 is 34.0. The summed E-state index contributed by atoms with van der Waals surface area (Å²) in [5.41, 5.74) is 3.14. The maximum Gasteiger partial charge on any atom is 0.173 e. The number of aromatic amines is 1. The number of fused-ring (bicyclic) bond motifs is 3. The lowest BCUT2D eigenvalue weighted by Crippen LogP contribution is -2.50. The second kappa shape index (κ2) is 11.1. The molecule has 0 saturated carbocycles. The fourth-order valence-electron chi connectivity index (χ4n) is 4.73. The zero-order valence-electron chi connectivity index (χ0n) is 21.6. The summed E-state index contributed by atoms with van der Waals surface area (Å²) in [5, 5.41) is 5.97. The highest BCUT2D eigenvalue weighted by molar-refractivity contribution is 7.86. The highest BCUT2D eigenvalue weighted by Crippen LogP contribution is 2.33. The molecule has 1 saturated heterocycles. The standard InChI is InChI=1S/C28H26FN7O2S2/c1-38-21-8-11-23-24(16-21)33-26-25(23)27(31-17-30-26)35-12-14-36(15-13-35)28(39)32-19-6-9-22(10-7-19)40(37)34-20-4-2-18(29)3-5-20/h2-11,16-17,34H,12-15H2,1H3,(H,32,39)(H,30,31,33). The third-order valence-corrected chi connectivity index (χ3v) is 8.30. The summed E-state index contributed by atoms with van der Waals surface area (Å²) in [6, 6.07) is 18.9. The first-order valence-electron chi connectivity index (χ1n) is 12.6. The molecule has 12 heteroatoms. The summed E-state index contributed by atoms with van der Waals surface area (Å²) in [6.07, 6.45) is 1.59. The number of benzene rings is 3. The van der Waals surface area contributed by atoms with Crippen LogP contribution in [0.2, 0.25) is 0 Å². The highest BCUT2D eigenvalue weighted by Gasteiger charge is 2.23. The maximum absolute atomic E-state index is 13.1. The van der Waals surface area contributed by atoms with Gasteiger partial charge in [-0.1, -0.05) is 0 Å². The molecule has 1 unspecified atom stereocenters. The quantitative estimate of drug-likeness (QED) is 0.246. The van der Waals surface area contributed by atoms with Gasteiger partial charge in [-0.2, -0.15) is 0 Å². The Labute approximate surface area is 238 Å². The van der Waals surface area contributed by atoms with E-state index in [4.69, 9.17) is 17.0 Å². The number of hydrogen-bond acceptors (Lipinski definition) is 6. The van der Waals surface area contributed by atoms with Gasteiger partial charge >= 0.3 is 0 Å². The molecule has 2 aromatic heterocycles. The van der Waals surface area contributed by atoms with E-state index in [1.165, 1.54) is 12.1 Å². The van der Waals surface area contributed by atoms with Crippen molar-refractivity contribution < 1.29 is 13.3 Å². The third-order valence-electron chi connectivity index (χ3n) is 6.82. The van der Waals surface area contributed by atoms with E-state index in [9.17, 15) is 8.60 Å². The van der Waals surface area contributed by atoms with Crippen LogP contribution in [-0.2, 0) is 11.0 Å². The molecule has 3 heterocycles. The molecular formula is C28H26FN7O2S2. The second-order valence-electron chi connectivity index (χ2n) is 9.26. The predicted octanol–water partition coefficient (Wildman–Crippen LogP) is 4.91. The van der Waals surface area contributed by atoms with E-state index in [2.05, 4.69) is 34.8 Å². The van der Waals surface area contributed by atoms with Crippen molar-refractivity contribution in [1.29, 1.82) is 0 Å². The number of hydrogen-bond donors (Lipinski definition) is 3. The number of methoxy groups -OCH3 is 1. The van der Waals surface area contributed by atoms with Crippen molar-refractivity contribution in [2.75, 3.05) is 48.2 Å². The molecule has 1 atom stereocenters. The van der Waals surface area contributed by atoms with Gasteiger partial charge in [-0.05, 0) is 72.9 Å². The maximum atomic E-state index is 13.1. The molecule has 0 spiro atoms. The van der Waals surface area contributed by atoms with Gasteiger partial charge in [0.15, 0.2) is 5.11 Å². The minimum Gasteiger partial charge on any atom is -0.497 e. The van der Waals surface area contributed by atoms with E-state index >= 15 is 0 Å². The summed E-state index contributed by atoms with van der Waals surface area (Å²) in [4.78, 5) is 17.5. The van der Waals surface area contributed by atoms with Crippen LogP contribution in [-0.4, -0.2) is 62.5 Å². The summed E-state index contributed by atoms with van der Waals surface area (Å²) >= 11 is 5.69. The number of nitrogens with zero attached hydrogens (tertiary/aromatic N) is 4. The van der Waals surface area contributed by atoms with Crippen LogP contribution < -0.4 is 19.7 Å². The molecule has 3 aromatic carbocycles. The molecule has 1 fully saturated rings. The first-order chi connectivity index (χ1) is 19.5. The molecule has 6 rings (SSSR count). The van der Waals surface area contributed by atoms with Gasteiger partial charge in [0.05, 0.1) is 22.9 Å². The summed E-state index contributed by atoms with van der Waals surface area (Å²) in [6.45, 7) is 2.97. The molecule has 40 heavy (non-hydrogen) atoms. The van der Waals surface area contributed by atoms with E-state index in [0.717, 1.165) is 65.4 Å². The van der Waals surface area contributed by atoms with Crippen LogP contribution in [0.1, 0.15) is 0 Å². The number of aromatic nitrogens is 3. The Morgan fingerprint density at radius 1 is 1.00 bits per heavy atom. The molecule has 9 nitrogen and oxygen atoms in total. The van der Waals surface area contributed by atoms with Crippen LogP contribution in [0.25, 0.3) is 21.9 Å². The monoisotopic (exact) mass is 575 g/mol. The first kappa shape index (κ1) is 26.0. The van der Waals surface area contributed by atoms with Gasteiger partial charge in [0.2, 0.25) is 0 Å². The minimum absolute atomic E-state index is 0.342. The van der Waals surface area contributed by atoms with Crippen LogP contribution in [0.4, 0.5) is 21.6 Å². The number of anilines is 3. The molecule has 0 bridgehead atoms. The Kier molecular flexibility index (Phi) is 7.18. The molecule has 0 amide bonds. The van der Waals surface area contributed by atoms with Gasteiger partial charge in [0, 0.05) is 49.0 Å². The van der Waals surface area contributed by atoms with Crippen molar-refractivity contribution in [3.63, 3.8) is 0 Å². The molecular weight excluding hydrogens is 549 g/mol. The van der Waals surface area contributed by atoms with Crippen molar-refractivity contribution in [3.8, 4) is 5.75 Å². The number of H-pyrrole nitrogens is 1. The van der Waals surface area contributed by atoms with E-state index < -0.39 is 11.0 Å². The number of ether oxygens (including phenoxy) is 1. The highest BCUT2D eigenvalue weighted by atomic mass is 32.2. The zero-order chi connectivity index (χ0) is 27.6. The van der Waals surface area contributed by atoms with Gasteiger partial charge < -0.3 is 29.6 Å². The average molecular weight is 576 g/mol. The topological polar surface area (TPSA) is 98.4 Å². The van der Waals surface area contributed by atoms with Crippen LogP contribution in [0.15, 0.2) is 78.0 Å². The molecule has 204 valence electrons. The fraction of sp³-hybridized carbons (Fsp3) is 0.179. The van der Waals surface area contributed by atoms with E-state index in [0.29, 0.717) is 15.7 Å². The smallest absolute Gasteiger partial charge is 0.173 e. The number of piperazine rings is 1. The second-order valence-corrected chi connectivity index (χ2v) is 10.9. The first-order valence-corrected chi connectivity index (χ1v) is 14.2. The minimum atomic E-state index is -1.47. The van der Waals surface area contributed by atoms with E-state index in [1.54, 1.807) is 37.7 Å². The van der Waals surface area contributed by atoms with Gasteiger partial charge in [0.1, 0.15) is 40.3 Å². The molecule has 5 aromatic rings. The van der Waals surface area contributed by atoms with Gasteiger partial charge in [-0.3, -0.25) is 0 Å². The Bertz CT molecular complexity index is 1700. The lowest BCUT2D eigenvalue weighted by atomic mass is 10.2. The Balaban J connectivity index is 1.08. The van der Waals surface area contributed by atoms with E-state index in [1.807, 2.05) is 30.3 Å². The Morgan fingerprint density at radius 3 is 2.45 bits per heavy atom. The average Bonchev–Trinajstić information content (AvgIpc) is 3.36. The van der Waals surface area contributed by atoms with Crippen LogP contribution in [0.5, 0.6) is 5.75 Å². The molecule has 1 aliphatic rings. The molecule has 0 radical (unpaired) electrons. The Morgan fingerprint density at radius 2 is 1.73 bits per heavy atom. The Hall–Kier alpha value is -4.29. The fourth-order valence-corrected chi connectivity index (χ4v) is 5.88. The SMILES string of the molecule is COc1ccc2c(c1)[nH]c1ncnc(N3CCN(C(=S)Nc4ccc(S(=O)Nc5ccc(F)cc5)cc4)CC3)c12. The number of halogens is 1. The van der Waals surface area contributed by atoms with Crippen LogP contribution in [0.3, 0.4) is 0 Å². The van der Waals surface area contributed by atoms with Crippen molar-refractivity contribution in [2.24, 2.45) is 0 Å². The van der Waals surface area contributed by atoms with Gasteiger partial charge in [-0.15, -0.1) is 0 Å². The van der Waals surface area contributed by atoms with Crippen molar-refractivity contribution in [3.05, 3.63) is 78.9 Å². The third kappa shape index (κ3) is 5.27. The van der Waals surface area contributed by atoms with Crippen molar-refractivity contribution in [2.45, 2.75) is 4.90 Å². The van der Waals surface area contributed by atoms with Gasteiger partial charge in [0.25, 0.3) is 0 Å². The summed E-state index contributed by atoms with van der Waals surface area (Å²) in [5.74, 6) is 1.34. The number of rotatable bonds is 6. The van der Waals surface area contributed by atoms with Crippen molar-refractivity contribution in [1.82, 2.24) is 19.9 Å². The van der Waals surface area contributed by atoms with Crippen molar-refractivity contribution >= 4 is 67.4 Å². The predicted molar refractivity (Wildman–Crippen MR) is 161 cm³/mol. The van der Waals surface area contributed by atoms with Crippen LogP contribution in [0, 0.1) is 5.82 Å². The molecule has 1 aliphatic heterocycles. The number of thiocarbonyl (C=S) groups is 1. The van der Waals surface area contributed by atoms with Gasteiger partial charge in [-0.25, -0.2) is 18.6 Å². The number of nitrogens with one attached hydrogen (secondary N) is 3. The normalized spacial score (nSPS) is 14.3. The molecule has 0 aliphatic carbocycles. The molecule has 3 N–H and O–H groups in total. The largest absolute Gasteiger partial charge is 0.497 e.